The zero-order valence-electron chi connectivity index (χ0n) is 8.41. The number of carbonyl (C=O) groups is 1. The molecular weight excluding hydrogens is 228 g/mol. The lowest BCUT2D eigenvalue weighted by Crippen LogP contribution is -2.05. The van der Waals surface area contributed by atoms with Crippen molar-refractivity contribution in [2.24, 2.45) is 0 Å². The van der Waals surface area contributed by atoms with Crippen molar-refractivity contribution in [2.75, 3.05) is 0 Å². The minimum absolute atomic E-state index is 0.129. The number of aryl methyl sites for hydroxylation is 1. The predicted molar refractivity (Wildman–Crippen MR) is 58.0 cm³/mol. The fraction of sp³-hybridized carbons (Fsp3) is 0.333. The molecule has 7 heteroatoms. The molecule has 2 aromatic heterocycles. The van der Waals surface area contributed by atoms with Gasteiger partial charge in [0.2, 0.25) is 0 Å². The Balaban J connectivity index is 2.05. The molecule has 16 heavy (non-hydrogen) atoms. The van der Waals surface area contributed by atoms with Crippen molar-refractivity contribution >= 4 is 17.3 Å². The van der Waals surface area contributed by atoms with Gasteiger partial charge in [-0.3, -0.25) is 4.79 Å². The highest BCUT2D eigenvalue weighted by atomic mass is 32.1. The highest BCUT2D eigenvalue weighted by Gasteiger charge is 2.09. The first-order valence-electron chi connectivity index (χ1n) is 4.79. The van der Waals surface area contributed by atoms with E-state index in [0.717, 1.165) is 4.88 Å². The summed E-state index contributed by atoms with van der Waals surface area (Å²) in [6.07, 6.45) is 0.655. The summed E-state index contributed by atoms with van der Waals surface area (Å²) in [7, 11) is 0. The number of thiophene rings is 1. The van der Waals surface area contributed by atoms with Crippen molar-refractivity contribution < 1.29 is 9.90 Å². The van der Waals surface area contributed by atoms with Crippen molar-refractivity contribution in [1.82, 2.24) is 20.2 Å². The minimum Gasteiger partial charge on any atom is -0.481 e. The summed E-state index contributed by atoms with van der Waals surface area (Å²) in [5, 5.41) is 21.8. The number of aromatic nitrogens is 4. The van der Waals surface area contributed by atoms with Crippen molar-refractivity contribution in [2.45, 2.75) is 19.4 Å². The minimum atomic E-state index is -0.800. The van der Waals surface area contributed by atoms with Gasteiger partial charge in [-0.1, -0.05) is 6.07 Å². The zero-order valence-corrected chi connectivity index (χ0v) is 9.22. The Kier molecular flexibility index (Phi) is 3.25. The van der Waals surface area contributed by atoms with Crippen molar-refractivity contribution in [3.8, 4) is 10.7 Å². The molecule has 6 nitrogen and oxygen atoms in total. The van der Waals surface area contributed by atoms with Crippen molar-refractivity contribution in [3.63, 3.8) is 0 Å². The summed E-state index contributed by atoms with van der Waals surface area (Å²) < 4.78 is 1.63. The van der Waals surface area contributed by atoms with E-state index in [1.807, 2.05) is 17.5 Å². The van der Waals surface area contributed by atoms with Gasteiger partial charge in [0.25, 0.3) is 0 Å². The van der Waals surface area contributed by atoms with E-state index in [2.05, 4.69) is 15.5 Å². The Morgan fingerprint density at radius 2 is 2.44 bits per heavy atom. The molecule has 0 aromatic carbocycles. The molecule has 0 spiro atoms. The third-order valence-electron chi connectivity index (χ3n) is 2.03. The van der Waals surface area contributed by atoms with Crippen LogP contribution in [0.2, 0.25) is 0 Å². The SMILES string of the molecule is O=C(O)CCCn1nnnc1-c1cccs1. The van der Waals surface area contributed by atoms with Crippen LogP contribution in [-0.4, -0.2) is 31.3 Å². The monoisotopic (exact) mass is 238 g/mol. The molecule has 0 saturated heterocycles. The quantitative estimate of drug-likeness (QED) is 0.848. The largest absolute Gasteiger partial charge is 0.481 e. The molecule has 0 unspecified atom stereocenters. The molecule has 2 rings (SSSR count). The van der Waals surface area contributed by atoms with Crippen LogP contribution >= 0.6 is 11.3 Å². The molecule has 2 aromatic rings. The molecule has 2 heterocycles. The average Bonchev–Trinajstić information content (AvgIpc) is 2.84. The number of hydrogen-bond donors (Lipinski definition) is 1. The molecule has 0 saturated carbocycles. The zero-order chi connectivity index (χ0) is 11.4. The maximum absolute atomic E-state index is 10.4. The third kappa shape index (κ3) is 2.43. The lowest BCUT2D eigenvalue weighted by atomic mass is 10.3. The van der Waals surface area contributed by atoms with E-state index in [4.69, 9.17) is 5.11 Å². The number of hydrogen-bond acceptors (Lipinski definition) is 5. The van der Waals surface area contributed by atoms with E-state index in [1.165, 1.54) is 0 Å². The standard InChI is InChI=1S/C9H10N4O2S/c14-8(15)4-1-5-13-9(10-11-12-13)7-3-2-6-16-7/h2-3,6H,1,4-5H2,(H,14,15). The second kappa shape index (κ2) is 4.84. The van der Waals surface area contributed by atoms with Gasteiger partial charge in [0.15, 0.2) is 5.82 Å². The molecule has 0 aliphatic rings. The molecule has 0 bridgehead atoms. The summed E-state index contributed by atoms with van der Waals surface area (Å²) in [5.41, 5.74) is 0. The Labute approximate surface area is 95.5 Å². The lowest BCUT2D eigenvalue weighted by Gasteiger charge is -2.00. The Morgan fingerprint density at radius 1 is 1.56 bits per heavy atom. The summed E-state index contributed by atoms with van der Waals surface area (Å²) in [4.78, 5) is 11.4. The van der Waals surface area contributed by atoms with Crippen LogP contribution in [0.15, 0.2) is 17.5 Å². The van der Waals surface area contributed by atoms with Crippen molar-refractivity contribution in [3.05, 3.63) is 17.5 Å². The smallest absolute Gasteiger partial charge is 0.303 e. The fourth-order valence-corrected chi connectivity index (χ4v) is 2.03. The first-order chi connectivity index (χ1) is 7.77. The molecule has 84 valence electrons. The second-order valence-electron chi connectivity index (χ2n) is 3.20. The molecular formula is C9H10N4O2S. The second-order valence-corrected chi connectivity index (χ2v) is 4.15. The van der Waals surface area contributed by atoms with Crippen LogP contribution in [0.3, 0.4) is 0 Å². The molecule has 1 N–H and O–H groups in total. The normalized spacial score (nSPS) is 10.5. The first-order valence-corrected chi connectivity index (χ1v) is 5.67. The molecule has 0 aliphatic heterocycles. The summed E-state index contributed by atoms with van der Waals surface area (Å²) in [5.74, 6) is -0.105. The maximum Gasteiger partial charge on any atom is 0.303 e. The van der Waals surface area contributed by atoms with Crippen LogP contribution in [0.25, 0.3) is 10.7 Å². The van der Waals surface area contributed by atoms with Gasteiger partial charge in [0.1, 0.15) is 0 Å². The van der Waals surface area contributed by atoms with E-state index in [-0.39, 0.29) is 6.42 Å². The Morgan fingerprint density at radius 3 is 3.12 bits per heavy atom. The summed E-state index contributed by atoms with van der Waals surface area (Å²) >= 11 is 1.55. The van der Waals surface area contributed by atoms with Crippen LogP contribution in [-0.2, 0) is 11.3 Å². The molecule has 0 fully saturated rings. The van der Waals surface area contributed by atoms with Gasteiger partial charge < -0.3 is 5.11 Å². The molecule has 0 amide bonds. The number of aliphatic carboxylic acids is 1. The van der Waals surface area contributed by atoms with E-state index in [1.54, 1.807) is 16.0 Å². The number of carboxylic acids is 1. The van der Waals surface area contributed by atoms with Gasteiger partial charge in [-0.25, -0.2) is 4.68 Å². The number of nitrogens with zero attached hydrogens (tertiary/aromatic N) is 4. The van der Waals surface area contributed by atoms with Gasteiger partial charge in [-0.2, -0.15) is 0 Å². The van der Waals surface area contributed by atoms with Crippen LogP contribution in [0.1, 0.15) is 12.8 Å². The van der Waals surface area contributed by atoms with E-state index >= 15 is 0 Å². The summed E-state index contributed by atoms with van der Waals surface area (Å²) in [6, 6.07) is 3.86. The van der Waals surface area contributed by atoms with Crippen LogP contribution in [0.5, 0.6) is 0 Å². The van der Waals surface area contributed by atoms with Gasteiger partial charge in [0.05, 0.1) is 4.88 Å². The first kappa shape index (κ1) is 10.7. The van der Waals surface area contributed by atoms with Gasteiger partial charge >= 0.3 is 5.97 Å². The number of rotatable bonds is 5. The highest BCUT2D eigenvalue weighted by molar-refractivity contribution is 7.13. The van der Waals surface area contributed by atoms with Crippen LogP contribution < -0.4 is 0 Å². The van der Waals surface area contributed by atoms with Gasteiger partial charge in [-0.05, 0) is 28.3 Å². The van der Waals surface area contributed by atoms with E-state index < -0.39 is 5.97 Å². The Bertz CT molecular complexity index is 466. The lowest BCUT2D eigenvalue weighted by molar-refractivity contribution is -0.137. The highest BCUT2D eigenvalue weighted by Crippen LogP contribution is 2.21. The number of tetrazole rings is 1. The topological polar surface area (TPSA) is 80.9 Å². The van der Waals surface area contributed by atoms with Crippen molar-refractivity contribution in [1.29, 1.82) is 0 Å². The maximum atomic E-state index is 10.4. The van der Waals surface area contributed by atoms with Gasteiger partial charge in [0, 0.05) is 13.0 Å². The molecule has 0 radical (unpaired) electrons. The van der Waals surface area contributed by atoms with Crippen LogP contribution in [0, 0.1) is 0 Å². The third-order valence-corrected chi connectivity index (χ3v) is 2.90. The van der Waals surface area contributed by atoms with Gasteiger partial charge in [-0.15, -0.1) is 16.4 Å². The molecule has 0 atom stereocenters. The predicted octanol–water partition coefficient (Wildman–Crippen LogP) is 1.27. The molecule has 0 aliphatic carbocycles. The average molecular weight is 238 g/mol. The summed E-state index contributed by atoms with van der Waals surface area (Å²) in [6.45, 7) is 0.520. The van der Waals surface area contributed by atoms with Crippen LogP contribution in [0.4, 0.5) is 0 Å². The Hall–Kier alpha value is -1.76. The number of carboxylic acid groups (broad SMARTS) is 1. The fourth-order valence-electron chi connectivity index (χ4n) is 1.32. The van der Waals surface area contributed by atoms with E-state index in [0.29, 0.717) is 18.8 Å². The van der Waals surface area contributed by atoms with E-state index in [9.17, 15) is 4.79 Å².